The van der Waals surface area contributed by atoms with Gasteiger partial charge in [0.05, 0.1) is 11.0 Å². The summed E-state index contributed by atoms with van der Waals surface area (Å²) in [5.41, 5.74) is -0.0959. The second kappa shape index (κ2) is 6.08. The van der Waals surface area contributed by atoms with Crippen LogP contribution < -0.4 is 0 Å². The first kappa shape index (κ1) is 19.5. The Morgan fingerprint density at radius 3 is 1.74 bits per heavy atom. The minimum absolute atomic E-state index is 0.0959. The lowest BCUT2D eigenvalue weighted by atomic mass is 10.3. The highest BCUT2D eigenvalue weighted by atomic mass is 28.4. The molecule has 0 fully saturated rings. The number of hydrogen-bond acceptors (Lipinski definition) is 4. The van der Waals surface area contributed by atoms with Gasteiger partial charge >= 0.3 is 8.56 Å². The Balaban J connectivity index is 5.03. The summed E-state index contributed by atoms with van der Waals surface area (Å²) in [6.45, 7) is 17.6. The molecule has 0 spiro atoms. The highest BCUT2D eigenvalue weighted by Gasteiger charge is 2.48. The lowest BCUT2D eigenvalue weighted by molar-refractivity contribution is 0.104. The smallest absolute Gasteiger partial charge is 0.329 e. The molecule has 0 heterocycles. The summed E-state index contributed by atoms with van der Waals surface area (Å²) in [7, 11) is -7.13. The van der Waals surface area contributed by atoms with E-state index in [0.29, 0.717) is 0 Å². The molecule has 2 atom stereocenters. The molecule has 2 N–H and O–H groups in total. The third-order valence-corrected chi connectivity index (χ3v) is 11.4. The van der Waals surface area contributed by atoms with Crippen LogP contribution in [0.4, 0.5) is 0 Å². The van der Waals surface area contributed by atoms with Crippen molar-refractivity contribution in [2.75, 3.05) is 0 Å². The van der Waals surface area contributed by atoms with E-state index in [-0.39, 0.29) is 5.73 Å². The zero-order valence-electron chi connectivity index (χ0n) is 14.0. The Morgan fingerprint density at radius 2 is 1.47 bits per heavy atom. The molecule has 0 radical (unpaired) electrons. The van der Waals surface area contributed by atoms with Gasteiger partial charge in [-0.25, -0.2) is 0 Å². The maximum absolute atomic E-state index is 10.5. The summed E-state index contributed by atoms with van der Waals surface area (Å²) < 4.78 is 12.2. The van der Waals surface area contributed by atoms with E-state index in [9.17, 15) is 9.59 Å². The monoisotopic (exact) mass is 324 g/mol. The molecule has 0 aliphatic rings. The first-order valence-electron chi connectivity index (χ1n) is 6.97. The van der Waals surface area contributed by atoms with Crippen LogP contribution in [0.5, 0.6) is 0 Å². The van der Waals surface area contributed by atoms with Gasteiger partial charge in [-0.1, -0.05) is 6.92 Å². The minimum Gasteiger partial charge on any atom is -0.429 e. The van der Waals surface area contributed by atoms with Crippen LogP contribution in [0.2, 0.25) is 39.3 Å². The van der Waals surface area contributed by atoms with Crippen molar-refractivity contribution in [3.05, 3.63) is 0 Å². The van der Waals surface area contributed by atoms with Crippen molar-refractivity contribution in [3.63, 3.8) is 0 Å². The molecule has 0 aliphatic heterocycles. The Labute approximate surface area is 121 Å². The SMILES string of the molecule is CC[C@@](C)(O[Si](C)(C)[C@@H](C)O[Si](C)(C)O)[Si](C)(C)O. The number of hydrogen-bond donors (Lipinski definition) is 2. The van der Waals surface area contributed by atoms with Gasteiger partial charge in [0.1, 0.15) is 0 Å². The van der Waals surface area contributed by atoms with Gasteiger partial charge in [-0.15, -0.1) is 0 Å². The van der Waals surface area contributed by atoms with Crippen molar-refractivity contribution >= 4 is 25.2 Å². The molecule has 0 unspecified atom stereocenters. The maximum Gasteiger partial charge on any atom is 0.329 e. The van der Waals surface area contributed by atoms with E-state index in [1.165, 1.54) is 0 Å². The van der Waals surface area contributed by atoms with Crippen LogP contribution in [0, 0.1) is 0 Å². The third kappa shape index (κ3) is 5.78. The van der Waals surface area contributed by atoms with Crippen LogP contribution in [-0.4, -0.2) is 45.7 Å². The lowest BCUT2D eigenvalue weighted by Crippen LogP contribution is -2.62. The molecule has 19 heavy (non-hydrogen) atoms. The second-order valence-corrected chi connectivity index (χ2v) is 18.6. The van der Waals surface area contributed by atoms with E-state index in [0.717, 1.165) is 6.42 Å². The molecule has 0 rings (SSSR count). The summed E-state index contributed by atoms with van der Waals surface area (Å²) >= 11 is 0. The minimum atomic E-state index is -2.56. The van der Waals surface area contributed by atoms with Crippen LogP contribution >= 0.6 is 0 Å². The van der Waals surface area contributed by atoms with Crippen molar-refractivity contribution in [3.8, 4) is 0 Å². The van der Waals surface area contributed by atoms with Crippen LogP contribution in [0.1, 0.15) is 27.2 Å². The second-order valence-electron chi connectivity index (χ2n) is 7.06. The molecule has 0 aromatic carbocycles. The average molecular weight is 325 g/mol. The summed E-state index contributed by atoms with van der Waals surface area (Å²) in [5.74, 6) is 0. The lowest BCUT2D eigenvalue weighted by Gasteiger charge is -2.45. The Morgan fingerprint density at radius 1 is 1.05 bits per heavy atom. The van der Waals surface area contributed by atoms with Gasteiger partial charge in [0.25, 0.3) is 0 Å². The van der Waals surface area contributed by atoms with Gasteiger partial charge in [0.15, 0.2) is 0 Å². The van der Waals surface area contributed by atoms with E-state index in [4.69, 9.17) is 8.85 Å². The zero-order chi connectivity index (χ0) is 15.7. The highest BCUT2D eigenvalue weighted by Crippen LogP contribution is 2.32. The maximum atomic E-state index is 10.5. The molecule has 0 saturated heterocycles. The van der Waals surface area contributed by atoms with Crippen molar-refractivity contribution in [1.82, 2.24) is 0 Å². The summed E-state index contributed by atoms with van der Waals surface area (Å²) in [4.78, 5) is 20.4. The van der Waals surface area contributed by atoms with Gasteiger partial charge in [-0.2, -0.15) is 0 Å². The predicted molar refractivity (Wildman–Crippen MR) is 87.2 cm³/mol. The molecule has 0 aromatic rings. The molecule has 0 bridgehead atoms. The summed E-state index contributed by atoms with van der Waals surface area (Å²) in [6.07, 6.45) is 0.784. The molecular weight excluding hydrogens is 292 g/mol. The zero-order valence-corrected chi connectivity index (χ0v) is 17.0. The Bertz CT molecular complexity index is 296. The van der Waals surface area contributed by atoms with Crippen molar-refractivity contribution in [1.29, 1.82) is 0 Å². The van der Waals surface area contributed by atoms with Gasteiger partial charge < -0.3 is 18.4 Å². The van der Waals surface area contributed by atoms with Crippen LogP contribution in [0.15, 0.2) is 0 Å². The topological polar surface area (TPSA) is 58.9 Å². The van der Waals surface area contributed by atoms with Crippen LogP contribution in [0.3, 0.4) is 0 Å². The van der Waals surface area contributed by atoms with Crippen LogP contribution in [-0.2, 0) is 8.85 Å². The summed E-state index contributed by atoms with van der Waals surface area (Å²) in [6, 6.07) is 0. The Hall–Kier alpha value is 0.491. The molecule has 0 amide bonds. The normalized spacial score (nSPS) is 19.1. The van der Waals surface area contributed by atoms with Crippen LogP contribution in [0.25, 0.3) is 0 Å². The van der Waals surface area contributed by atoms with Crippen molar-refractivity contribution < 1.29 is 18.4 Å². The highest BCUT2D eigenvalue weighted by molar-refractivity contribution is 6.77. The molecule has 0 aromatic heterocycles. The van der Waals surface area contributed by atoms with E-state index in [1.807, 2.05) is 33.9 Å². The van der Waals surface area contributed by atoms with Gasteiger partial charge in [-0.05, 0) is 59.6 Å². The third-order valence-electron chi connectivity index (χ3n) is 3.90. The molecule has 4 nitrogen and oxygen atoms in total. The fourth-order valence-electron chi connectivity index (χ4n) is 1.87. The van der Waals surface area contributed by atoms with E-state index < -0.39 is 30.4 Å². The van der Waals surface area contributed by atoms with Gasteiger partial charge in [0.2, 0.25) is 16.6 Å². The van der Waals surface area contributed by atoms with E-state index in [2.05, 4.69) is 13.1 Å². The molecule has 116 valence electrons. The first-order chi connectivity index (χ1) is 8.15. The van der Waals surface area contributed by atoms with E-state index >= 15 is 0 Å². The van der Waals surface area contributed by atoms with E-state index in [1.54, 1.807) is 13.1 Å². The first-order valence-corrected chi connectivity index (χ1v) is 15.8. The van der Waals surface area contributed by atoms with Crippen molar-refractivity contribution in [2.24, 2.45) is 0 Å². The molecular formula is C12H32O4Si3. The largest absolute Gasteiger partial charge is 0.429 e. The predicted octanol–water partition coefficient (Wildman–Crippen LogP) is 2.75. The molecule has 0 aliphatic carbocycles. The molecule has 0 saturated carbocycles. The summed E-state index contributed by atoms with van der Waals surface area (Å²) in [5, 5.41) is -0.471. The Kier molecular flexibility index (Phi) is 6.24. The fourth-order valence-corrected chi connectivity index (χ4v) is 8.86. The standard InChI is InChI=1S/C12H32O4Si3/c1-10-12(3,18(6,7)13)16-17(4,5)11(2)15-19(8,9)14/h11,13-14H,10H2,1-9H3/t11-,12-/m0/s1. The quantitative estimate of drug-likeness (QED) is 0.707. The molecule has 7 heteroatoms. The van der Waals surface area contributed by atoms with Gasteiger partial charge in [0, 0.05) is 0 Å². The fraction of sp³-hybridized carbons (Fsp3) is 1.00. The van der Waals surface area contributed by atoms with Gasteiger partial charge in [-0.3, -0.25) is 0 Å². The number of rotatable bonds is 7. The average Bonchev–Trinajstić information content (AvgIpc) is 2.12. The van der Waals surface area contributed by atoms with Crippen molar-refractivity contribution in [2.45, 2.75) is 77.4 Å².